The van der Waals surface area contributed by atoms with Gasteiger partial charge in [0.15, 0.2) is 0 Å². The first kappa shape index (κ1) is 12.9. The standard InChI is InChI=1S/C12H16F3N/c1-3-8(4-2)9-5-10(12(13,14)15)7-11(16)6-9/h5-8H,3-4,16H2,1-2H3. The van der Waals surface area contributed by atoms with Gasteiger partial charge in [-0.15, -0.1) is 0 Å². The molecule has 0 aliphatic carbocycles. The quantitative estimate of drug-likeness (QED) is 0.775. The minimum absolute atomic E-state index is 0.143. The summed E-state index contributed by atoms with van der Waals surface area (Å²) in [5.41, 5.74) is 5.70. The predicted molar refractivity (Wildman–Crippen MR) is 59.2 cm³/mol. The van der Waals surface area contributed by atoms with Crippen LogP contribution in [0.2, 0.25) is 0 Å². The zero-order valence-electron chi connectivity index (χ0n) is 9.43. The lowest BCUT2D eigenvalue weighted by Gasteiger charge is -2.16. The Morgan fingerprint density at radius 3 is 2.12 bits per heavy atom. The monoisotopic (exact) mass is 231 g/mol. The molecule has 1 nitrogen and oxygen atoms in total. The molecule has 90 valence electrons. The zero-order valence-corrected chi connectivity index (χ0v) is 9.43. The van der Waals surface area contributed by atoms with Gasteiger partial charge in [0.2, 0.25) is 0 Å². The molecule has 0 fully saturated rings. The van der Waals surface area contributed by atoms with Gasteiger partial charge in [0.05, 0.1) is 5.56 Å². The minimum atomic E-state index is -4.32. The Morgan fingerprint density at radius 2 is 1.69 bits per heavy atom. The van der Waals surface area contributed by atoms with Crippen molar-refractivity contribution in [3.8, 4) is 0 Å². The van der Waals surface area contributed by atoms with Crippen LogP contribution in [0.1, 0.15) is 43.7 Å². The van der Waals surface area contributed by atoms with Gasteiger partial charge in [0.1, 0.15) is 0 Å². The van der Waals surface area contributed by atoms with Crippen LogP contribution >= 0.6 is 0 Å². The molecule has 1 aromatic carbocycles. The number of halogens is 3. The Hall–Kier alpha value is -1.19. The molecule has 0 aliphatic rings. The predicted octanol–water partition coefficient (Wildman–Crippen LogP) is 4.19. The first-order valence-corrected chi connectivity index (χ1v) is 5.36. The van der Waals surface area contributed by atoms with E-state index in [2.05, 4.69) is 0 Å². The topological polar surface area (TPSA) is 26.0 Å². The summed E-state index contributed by atoms with van der Waals surface area (Å²) in [5, 5.41) is 0. The number of hydrogen-bond acceptors (Lipinski definition) is 1. The molecule has 0 radical (unpaired) electrons. The van der Waals surface area contributed by atoms with Crippen LogP contribution in [0, 0.1) is 0 Å². The molecule has 0 spiro atoms. The highest BCUT2D eigenvalue weighted by atomic mass is 19.4. The van der Waals surface area contributed by atoms with Crippen molar-refractivity contribution in [3.63, 3.8) is 0 Å². The van der Waals surface area contributed by atoms with Crippen molar-refractivity contribution in [3.05, 3.63) is 29.3 Å². The SMILES string of the molecule is CCC(CC)c1cc(N)cc(C(F)(F)F)c1. The van der Waals surface area contributed by atoms with Crippen molar-refractivity contribution in [2.75, 3.05) is 5.73 Å². The summed E-state index contributed by atoms with van der Waals surface area (Å²) in [6.45, 7) is 3.93. The number of hydrogen-bond donors (Lipinski definition) is 1. The molecule has 0 bridgehead atoms. The third-order valence-corrected chi connectivity index (χ3v) is 2.76. The zero-order chi connectivity index (χ0) is 12.3. The number of rotatable bonds is 3. The second kappa shape index (κ2) is 4.76. The summed E-state index contributed by atoms with van der Waals surface area (Å²) in [6.07, 6.45) is -2.69. The summed E-state index contributed by atoms with van der Waals surface area (Å²) in [7, 11) is 0. The number of anilines is 1. The molecule has 0 aliphatic heterocycles. The maximum Gasteiger partial charge on any atom is 0.416 e. The maximum atomic E-state index is 12.6. The van der Waals surface area contributed by atoms with Gasteiger partial charge in [-0.25, -0.2) is 0 Å². The fraction of sp³-hybridized carbons (Fsp3) is 0.500. The fourth-order valence-corrected chi connectivity index (χ4v) is 1.84. The van der Waals surface area contributed by atoms with Crippen molar-refractivity contribution in [1.82, 2.24) is 0 Å². The van der Waals surface area contributed by atoms with Crippen molar-refractivity contribution < 1.29 is 13.2 Å². The van der Waals surface area contributed by atoms with Gasteiger partial charge in [-0.05, 0) is 42.5 Å². The smallest absolute Gasteiger partial charge is 0.399 e. The van der Waals surface area contributed by atoms with Gasteiger partial charge >= 0.3 is 6.18 Å². The van der Waals surface area contributed by atoms with Gasteiger partial charge < -0.3 is 5.73 Å². The van der Waals surface area contributed by atoms with E-state index in [0.29, 0.717) is 5.56 Å². The molecule has 0 atom stereocenters. The Labute approximate surface area is 93.5 Å². The van der Waals surface area contributed by atoms with E-state index in [0.717, 1.165) is 18.9 Å². The van der Waals surface area contributed by atoms with Crippen molar-refractivity contribution in [2.24, 2.45) is 0 Å². The van der Waals surface area contributed by atoms with Crippen molar-refractivity contribution >= 4 is 5.69 Å². The largest absolute Gasteiger partial charge is 0.416 e. The van der Waals surface area contributed by atoms with E-state index in [1.165, 1.54) is 6.07 Å². The highest BCUT2D eigenvalue weighted by Crippen LogP contribution is 2.34. The molecule has 0 saturated heterocycles. The molecule has 0 aromatic heterocycles. The molecule has 4 heteroatoms. The third kappa shape index (κ3) is 2.90. The molecular weight excluding hydrogens is 215 g/mol. The van der Waals surface area contributed by atoms with Crippen LogP contribution in [-0.4, -0.2) is 0 Å². The second-order valence-electron chi connectivity index (χ2n) is 3.90. The van der Waals surface area contributed by atoms with Gasteiger partial charge in [0.25, 0.3) is 0 Å². The van der Waals surface area contributed by atoms with E-state index in [1.807, 2.05) is 13.8 Å². The average molecular weight is 231 g/mol. The van der Waals surface area contributed by atoms with Crippen molar-refractivity contribution in [1.29, 1.82) is 0 Å². The molecule has 1 aromatic rings. The van der Waals surface area contributed by atoms with Crippen LogP contribution in [0.25, 0.3) is 0 Å². The highest BCUT2D eigenvalue weighted by Gasteiger charge is 2.31. The van der Waals surface area contributed by atoms with Gasteiger partial charge in [0, 0.05) is 5.69 Å². The van der Waals surface area contributed by atoms with Crippen molar-refractivity contribution in [2.45, 2.75) is 38.8 Å². The van der Waals surface area contributed by atoms with Crippen LogP contribution in [0.15, 0.2) is 18.2 Å². The molecule has 2 N–H and O–H groups in total. The number of nitrogens with two attached hydrogens (primary N) is 1. The van der Waals surface area contributed by atoms with Crippen LogP contribution in [-0.2, 0) is 6.18 Å². The molecule has 0 amide bonds. The lowest BCUT2D eigenvalue weighted by molar-refractivity contribution is -0.137. The van der Waals surface area contributed by atoms with Crippen LogP contribution in [0.3, 0.4) is 0 Å². The van der Waals surface area contributed by atoms with Gasteiger partial charge in [-0.3, -0.25) is 0 Å². The summed E-state index contributed by atoms with van der Waals surface area (Å²) < 4.78 is 37.7. The van der Waals surface area contributed by atoms with Crippen LogP contribution < -0.4 is 5.73 Å². The molecular formula is C12H16F3N. The fourth-order valence-electron chi connectivity index (χ4n) is 1.84. The number of benzene rings is 1. The normalized spacial score (nSPS) is 12.1. The van der Waals surface area contributed by atoms with Gasteiger partial charge in [-0.1, -0.05) is 13.8 Å². The molecule has 1 rings (SSSR count). The lowest BCUT2D eigenvalue weighted by Crippen LogP contribution is -2.08. The first-order chi connectivity index (χ1) is 7.38. The van der Waals surface area contributed by atoms with Crippen LogP contribution in [0.4, 0.5) is 18.9 Å². The van der Waals surface area contributed by atoms with E-state index < -0.39 is 11.7 Å². The lowest BCUT2D eigenvalue weighted by atomic mass is 9.92. The van der Waals surface area contributed by atoms with Gasteiger partial charge in [-0.2, -0.15) is 13.2 Å². The summed E-state index contributed by atoms with van der Waals surface area (Å²) in [5.74, 6) is 0.143. The summed E-state index contributed by atoms with van der Waals surface area (Å²) in [6, 6.07) is 3.81. The average Bonchev–Trinajstić information content (AvgIpc) is 2.17. The third-order valence-electron chi connectivity index (χ3n) is 2.76. The Kier molecular flexibility index (Phi) is 3.83. The van der Waals surface area contributed by atoms with Crippen LogP contribution in [0.5, 0.6) is 0 Å². The Bertz CT molecular complexity index is 354. The highest BCUT2D eigenvalue weighted by molar-refractivity contribution is 5.46. The first-order valence-electron chi connectivity index (χ1n) is 5.36. The van der Waals surface area contributed by atoms with E-state index in [9.17, 15) is 13.2 Å². The molecule has 0 saturated carbocycles. The Balaban J connectivity index is 3.17. The second-order valence-corrected chi connectivity index (χ2v) is 3.90. The summed E-state index contributed by atoms with van der Waals surface area (Å²) in [4.78, 5) is 0. The van der Waals surface area contributed by atoms with E-state index in [-0.39, 0.29) is 11.6 Å². The van der Waals surface area contributed by atoms with E-state index >= 15 is 0 Å². The minimum Gasteiger partial charge on any atom is -0.399 e. The molecule has 0 unspecified atom stereocenters. The van der Waals surface area contributed by atoms with E-state index in [4.69, 9.17) is 5.73 Å². The summed E-state index contributed by atoms with van der Waals surface area (Å²) >= 11 is 0. The number of nitrogen functional groups attached to an aromatic ring is 1. The molecule has 16 heavy (non-hydrogen) atoms. The Morgan fingerprint density at radius 1 is 1.12 bits per heavy atom. The van der Waals surface area contributed by atoms with E-state index in [1.54, 1.807) is 6.07 Å². The number of alkyl halides is 3. The molecule has 0 heterocycles. The maximum absolute atomic E-state index is 12.6.